The van der Waals surface area contributed by atoms with E-state index < -0.39 is 24.6 Å². The van der Waals surface area contributed by atoms with Crippen molar-refractivity contribution in [3.8, 4) is 0 Å². The lowest BCUT2D eigenvalue weighted by atomic mass is 10.1. The van der Waals surface area contributed by atoms with Gasteiger partial charge in [0, 0.05) is 0 Å². The van der Waals surface area contributed by atoms with Crippen molar-refractivity contribution in [1.29, 1.82) is 0 Å². The Balaban J connectivity index is 2.87. The quantitative estimate of drug-likeness (QED) is 0.568. The minimum atomic E-state index is -1.51. The molecule has 0 spiro atoms. The third-order valence-electron chi connectivity index (χ3n) is 1.83. The van der Waals surface area contributed by atoms with Gasteiger partial charge >= 0.3 is 5.97 Å². The molecule has 0 fully saturated rings. The zero-order valence-corrected chi connectivity index (χ0v) is 8.79. The number of rotatable bonds is 4. The van der Waals surface area contributed by atoms with Crippen LogP contribution in [0.3, 0.4) is 0 Å². The number of hydrogen-bond acceptors (Lipinski definition) is 6. The summed E-state index contributed by atoms with van der Waals surface area (Å²) >= 11 is 5.49. The van der Waals surface area contributed by atoms with Crippen molar-refractivity contribution >= 4 is 23.4 Å². The van der Waals surface area contributed by atoms with Crippen molar-refractivity contribution in [2.45, 2.75) is 18.6 Å². The molecule has 1 heterocycles. The summed E-state index contributed by atoms with van der Waals surface area (Å²) in [7, 11) is 0. The number of nitrogens with zero attached hydrogens (tertiary/aromatic N) is 2. The molecule has 5 N–H and O–H groups in total. The summed E-state index contributed by atoms with van der Waals surface area (Å²) in [5.41, 5.74) is 5.32. The second-order valence-corrected chi connectivity index (χ2v) is 3.46. The maximum absolute atomic E-state index is 10.3. The number of anilines is 1. The van der Waals surface area contributed by atoms with E-state index in [1.54, 1.807) is 0 Å². The zero-order chi connectivity index (χ0) is 12.3. The number of carbonyl (C=O) groups is 1. The average molecular weight is 248 g/mol. The van der Waals surface area contributed by atoms with Gasteiger partial charge in [-0.3, -0.25) is 9.78 Å². The summed E-state index contributed by atoms with van der Waals surface area (Å²) in [6.45, 7) is 0. The predicted octanol–water partition coefficient (Wildman–Crippen LogP) is -0.419. The Labute approximate surface area is 95.5 Å². The number of hydrogen-bond donors (Lipinski definition) is 4. The first kappa shape index (κ1) is 12.6. The second-order valence-electron chi connectivity index (χ2n) is 3.07. The smallest absolute Gasteiger partial charge is 0.306 e. The highest BCUT2D eigenvalue weighted by molar-refractivity contribution is 6.29. The van der Waals surface area contributed by atoms with Crippen LogP contribution in [0.5, 0.6) is 0 Å². The van der Waals surface area contributed by atoms with Crippen LogP contribution in [0.2, 0.25) is 5.15 Å². The number of carboxylic acid groups (broad SMARTS) is 1. The Morgan fingerprint density at radius 2 is 2.19 bits per heavy atom. The average Bonchev–Trinajstić information content (AvgIpc) is 2.15. The van der Waals surface area contributed by atoms with Gasteiger partial charge in [0.05, 0.1) is 18.7 Å². The van der Waals surface area contributed by atoms with E-state index in [0.29, 0.717) is 0 Å². The minimum absolute atomic E-state index is 0.0428. The number of aromatic nitrogens is 2. The number of carboxylic acids is 1. The fourth-order valence-corrected chi connectivity index (χ4v) is 1.23. The molecule has 1 aromatic rings. The first-order valence-electron chi connectivity index (χ1n) is 4.27. The largest absolute Gasteiger partial charge is 0.481 e. The van der Waals surface area contributed by atoms with Crippen molar-refractivity contribution < 1.29 is 20.1 Å². The number of aliphatic hydroxyl groups is 2. The number of nitrogen functional groups attached to an aromatic ring is 1. The molecule has 1 aromatic heterocycles. The molecular formula is C8H10ClN3O4. The fourth-order valence-electron chi connectivity index (χ4n) is 1.09. The summed E-state index contributed by atoms with van der Waals surface area (Å²) in [6.07, 6.45) is -2.49. The Morgan fingerprint density at radius 1 is 1.56 bits per heavy atom. The summed E-state index contributed by atoms with van der Waals surface area (Å²) in [6, 6.07) is 0. The number of halogens is 1. The topological polar surface area (TPSA) is 130 Å². The lowest BCUT2D eigenvalue weighted by Gasteiger charge is -2.16. The zero-order valence-electron chi connectivity index (χ0n) is 8.04. The Kier molecular flexibility index (Phi) is 3.99. The lowest BCUT2D eigenvalue weighted by Crippen LogP contribution is -2.23. The highest BCUT2D eigenvalue weighted by Crippen LogP contribution is 2.22. The van der Waals surface area contributed by atoms with E-state index in [4.69, 9.17) is 22.4 Å². The SMILES string of the molecule is Nc1nc(Cl)cnc1C(O)C(O)CC(=O)O. The maximum atomic E-state index is 10.3. The van der Waals surface area contributed by atoms with Crippen LogP contribution in [-0.4, -0.2) is 37.4 Å². The van der Waals surface area contributed by atoms with Crippen LogP contribution in [0.25, 0.3) is 0 Å². The third-order valence-corrected chi connectivity index (χ3v) is 2.01. The van der Waals surface area contributed by atoms with Crippen LogP contribution in [-0.2, 0) is 4.79 Å². The van der Waals surface area contributed by atoms with Crippen LogP contribution >= 0.6 is 11.6 Å². The normalized spacial score (nSPS) is 14.4. The van der Waals surface area contributed by atoms with E-state index in [0.717, 1.165) is 6.20 Å². The molecule has 0 aliphatic rings. The van der Waals surface area contributed by atoms with Crippen LogP contribution in [0.4, 0.5) is 5.82 Å². The van der Waals surface area contributed by atoms with E-state index in [1.807, 2.05) is 0 Å². The molecule has 88 valence electrons. The molecule has 0 radical (unpaired) electrons. The van der Waals surface area contributed by atoms with E-state index in [9.17, 15) is 15.0 Å². The van der Waals surface area contributed by atoms with Crippen LogP contribution in [0.1, 0.15) is 18.2 Å². The van der Waals surface area contributed by atoms with Gasteiger partial charge in [-0.1, -0.05) is 11.6 Å². The van der Waals surface area contributed by atoms with Crippen molar-refractivity contribution in [2.24, 2.45) is 0 Å². The van der Waals surface area contributed by atoms with Crippen LogP contribution in [0, 0.1) is 0 Å². The van der Waals surface area contributed by atoms with Crippen molar-refractivity contribution in [3.05, 3.63) is 17.0 Å². The molecule has 0 aliphatic heterocycles. The maximum Gasteiger partial charge on any atom is 0.306 e. The van der Waals surface area contributed by atoms with E-state index >= 15 is 0 Å². The molecule has 1 rings (SSSR count). The monoisotopic (exact) mass is 247 g/mol. The Hall–Kier alpha value is -1.44. The van der Waals surface area contributed by atoms with Crippen molar-refractivity contribution in [3.63, 3.8) is 0 Å². The standard InChI is InChI=1S/C8H10ClN3O4/c9-4-2-11-6(8(10)12-4)7(16)3(13)1-5(14)15/h2-3,7,13,16H,1H2,(H2,10,12)(H,14,15). The first-order valence-corrected chi connectivity index (χ1v) is 4.65. The van der Waals surface area contributed by atoms with Gasteiger partial charge in [-0.2, -0.15) is 0 Å². The minimum Gasteiger partial charge on any atom is -0.481 e. The molecule has 2 atom stereocenters. The van der Waals surface area contributed by atoms with Crippen LogP contribution < -0.4 is 5.73 Å². The summed E-state index contributed by atoms with van der Waals surface area (Å²) < 4.78 is 0. The Morgan fingerprint density at radius 3 is 2.69 bits per heavy atom. The molecule has 0 saturated heterocycles. The van der Waals surface area contributed by atoms with E-state index in [1.165, 1.54) is 0 Å². The van der Waals surface area contributed by atoms with E-state index in [-0.39, 0.29) is 16.7 Å². The molecule has 0 bridgehead atoms. The van der Waals surface area contributed by atoms with Gasteiger partial charge in [-0.05, 0) is 0 Å². The molecule has 0 aromatic carbocycles. The second kappa shape index (κ2) is 5.06. The van der Waals surface area contributed by atoms with Gasteiger partial charge in [-0.25, -0.2) is 4.98 Å². The summed E-state index contributed by atoms with van der Waals surface area (Å²) in [4.78, 5) is 17.6. The van der Waals surface area contributed by atoms with Gasteiger partial charge in [0.25, 0.3) is 0 Å². The first-order chi connectivity index (χ1) is 7.41. The third kappa shape index (κ3) is 3.02. The highest BCUT2D eigenvalue weighted by Gasteiger charge is 2.24. The highest BCUT2D eigenvalue weighted by atomic mass is 35.5. The number of nitrogens with two attached hydrogens (primary N) is 1. The molecule has 7 nitrogen and oxygen atoms in total. The number of aliphatic carboxylic acids is 1. The van der Waals surface area contributed by atoms with E-state index in [2.05, 4.69) is 9.97 Å². The van der Waals surface area contributed by atoms with Crippen molar-refractivity contribution in [1.82, 2.24) is 9.97 Å². The lowest BCUT2D eigenvalue weighted by molar-refractivity contribution is -0.141. The summed E-state index contributed by atoms with van der Waals surface area (Å²) in [5.74, 6) is -1.39. The van der Waals surface area contributed by atoms with Crippen molar-refractivity contribution in [2.75, 3.05) is 5.73 Å². The molecule has 2 unspecified atom stereocenters. The molecule has 8 heteroatoms. The van der Waals surface area contributed by atoms with Gasteiger partial charge < -0.3 is 21.1 Å². The molecule has 0 amide bonds. The van der Waals surface area contributed by atoms with Gasteiger partial charge in [0.1, 0.15) is 22.8 Å². The fraction of sp³-hybridized carbons (Fsp3) is 0.375. The number of aliphatic hydroxyl groups excluding tert-OH is 2. The molecule has 16 heavy (non-hydrogen) atoms. The predicted molar refractivity (Wildman–Crippen MR) is 54.7 cm³/mol. The van der Waals surface area contributed by atoms with Gasteiger partial charge in [-0.15, -0.1) is 0 Å². The Bertz CT molecular complexity index is 401. The molecular weight excluding hydrogens is 238 g/mol. The van der Waals surface area contributed by atoms with Gasteiger partial charge in [0.2, 0.25) is 0 Å². The molecule has 0 saturated carbocycles. The van der Waals surface area contributed by atoms with Gasteiger partial charge in [0.15, 0.2) is 0 Å². The summed E-state index contributed by atoms with van der Waals surface area (Å²) in [5, 5.41) is 27.4. The van der Waals surface area contributed by atoms with Crippen LogP contribution in [0.15, 0.2) is 6.20 Å². The molecule has 0 aliphatic carbocycles.